The van der Waals surface area contributed by atoms with E-state index in [9.17, 15) is 61.0 Å². The summed E-state index contributed by atoms with van der Waals surface area (Å²) in [5.74, 6) is -2.60. The minimum absolute atomic E-state index is 0.0859. The summed E-state index contributed by atoms with van der Waals surface area (Å²) in [7, 11) is 0. The average molecular weight is 611 g/mol. The Kier molecular flexibility index (Phi) is 8.52. The van der Waals surface area contributed by atoms with E-state index in [1.54, 1.807) is 0 Å². The molecule has 5 rings (SSSR count). The zero-order valence-electron chi connectivity index (χ0n) is 22.0. The van der Waals surface area contributed by atoms with Crippen molar-refractivity contribution in [3.05, 3.63) is 46.1 Å². The molecule has 0 radical (unpaired) electrons. The molecule has 2 fully saturated rings. The minimum Gasteiger partial charge on any atom is -0.507 e. The molecule has 2 aromatic carbocycles. The van der Waals surface area contributed by atoms with Gasteiger partial charge in [0.1, 0.15) is 83.2 Å². The van der Waals surface area contributed by atoms with E-state index >= 15 is 0 Å². The number of phenols is 4. The normalized spacial score (nSPS) is 33.1. The van der Waals surface area contributed by atoms with Gasteiger partial charge in [-0.05, 0) is 18.2 Å². The fraction of sp³-hybridized carbons (Fsp3) is 0.444. The van der Waals surface area contributed by atoms with E-state index in [-0.39, 0.29) is 16.9 Å². The summed E-state index contributed by atoms with van der Waals surface area (Å²) >= 11 is 0. The molecular weight excluding hydrogens is 580 g/mol. The van der Waals surface area contributed by atoms with E-state index in [1.807, 2.05) is 0 Å². The molecule has 1 aromatic heterocycles. The standard InChI is InChI=1S/C27H30O16/c28-6-15-19(33)23(37)25(39)27(43-15)40-7-16-20(34)22(36)24(38)26(42-16)18-12(32)5-14-17(21(18)35)11(31)4-13(41-14)8-1-2-9(29)10(30)3-8/h1-5,15-16,19-20,22-30,32-39H,6-7H2/t15-,16-,19-,20-,22+,23+,24-,25-,26-,27-/m1/s1. The van der Waals surface area contributed by atoms with Gasteiger partial charge in [0, 0.05) is 17.7 Å². The lowest BCUT2D eigenvalue weighted by molar-refractivity contribution is -0.314. The largest absolute Gasteiger partial charge is 0.507 e. The third kappa shape index (κ3) is 5.49. The van der Waals surface area contributed by atoms with E-state index in [0.717, 1.165) is 24.3 Å². The molecule has 0 unspecified atom stereocenters. The summed E-state index contributed by atoms with van der Waals surface area (Å²) in [6.07, 6.45) is -17.1. The van der Waals surface area contributed by atoms with Crippen LogP contribution in [0.4, 0.5) is 0 Å². The Hall–Kier alpha value is -3.55. The molecule has 2 aliphatic heterocycles. The average Bonchev–Trinajstić information content (AvgIpc) is 2.97. The maximum atomic E-state index is 13.0. The zero-order chi connectivity index (χ0) is 31.3. The van der Waals surface area contributed by atoms with Crippen LogP contribution in [0.5, 0.6) is 23.0 Å². The van der Waals surface area contributed by atoms with Crippen molar-refractivity contribution >= 4 is 11.0 Å². The van der Waals surface area contributed by atoms with Crippen molar-refractivity contribution in [1.29, 1.82) is 0 Å². The van der Waals surface area contributed by atoms with Crippen LogP contribution in [0.25, 0.3) is 22.3 Å². The second kappa shape index (κ2) is 11.9. The third-order valence-corrected chi connectivity index (χ3v) is 7.54. The van der Waals surface area contributed by atoms with Gasteiger partial charge < -0.3 is 74.8 Å². The molecule has 3 heterocycles. The summed E-state index contributed by atoms with van der Waals surface area (Å²) in [6, 6.07) is 5.55. The van der Waals surface area contributed by atoms with Gasteiger partial charge >= 0.3 is 0 Å². The van der Waals surface area contributed by atoms with Crippen LogP contribution in [0.15, 0.2) is 39.5 Å². The van der Waals surface area contributed by atoms with Gasteiger partial charge in [-0.25, -0.2) is 0 Å². The second-order valence-corrected chi connectivity index (χ2v) is 10.3. The molecule has 2 aliphatic rings. The molecule has 11 N–H and O–H groups in total. The summed E-state index contributed by atoms with van der Waals surface area (Å²) in [6.45, 7) is -1.39. The molecule has 0 bridgehead atoms. The summed E-state index contributed by atoms with van der Waals surface area (Å²) in [5, 5.41) is 112. The molecule has 43 heavy (non-hydrogen) atoms. The van der Waals surface area contributed by atoms with Gasteiger partial charge in [-0.15, -0.1) is 0 Å². The predicted molar refractivity (Wildman–Crippen MR) is 140 cm³/mol. The van der Waals surface area contributed by atoms with Gasteiger partial charge in [0.25, 0.3) is 0 Å². The van der Waals surface area contributed by atoms with Crippen LogP contribution in [0.3, 0.4) is 0 Å². The predicted octanol–water partition coefficient (Wildman–Crippen LogP) is -2.38. The van der Waals surface area contributed by atoms with Crippen molar-refractivity contribution in [2.45, 2.75) is 61.2 Å². The van der Waals surface area contributed by atoms with Gasteiger partial charge in [-0.3, -0.25) is 4.79 Å². The number of hydrogen-bond donors (Lipinski definition) is 11. The Labute approximate surface area is 241 Å². The molecule has 16 nitrogen and oxygen atoms in total. The van der Waals surface area contributed by atoms with Crippen LogP contribution >= 0.6 is 0 Å². The number of phenolic OH excluding ortho intramolecular Hbond substituents is 4. The van der Waals surface area contributed by atoms with Crippen LogP contribution in [0.2, 0.25) is 0 Å². The first-order chi connectivity index (χ1) is 20.3. The van der Waals surface area contributed by atoms with E-state index in [2.05, 4.69) is 0 Å². The van der Waals surface area contributed by atoms with Gasteiger partial charge in [0.15, 0.2) is 23.2 Å². The number of benzene rings is 2. The molecule has 0 aliphatic carbocycles. The van der Waals surface area contributed by atoms with E-state index < -0.39 is 114 Å². The number of aliphatic hydroxyl groups is 7. The van der Waals surface area contributed by atoms with Crippen LogP contribution in [0.1, 0.15) is 11.7 Å². The maximum Gasteiger partial charge on any atom is 0.197 e. The van der Waals surface area contributed by atoms with Crippen molar-refractivity contribution in [2.24, 2.45) is 0 Å². The highest BCUT2D eigenvalue weighted by Crippen LogP contribution is 2.45. The number of rotatable bonds is 6. The first kappa shape index (κ1) is 30.9. The maximum absolute atomic E-state index is 13.0. The molecule has 16 heteroatoms. The molecule has 0 amide bonds. The minimum atomic E-state index is -1.95. The van der Waals surface area contributed by atoms with Gasteiger partial charge in [0.2, 0.25) is 0 Å². The monoisotopic (exact) mass is 610 g/mol. The second-order valence-electron chi connectivity index (χ2n) is 10.3. The molecule has 234 valence electrons. The molecular formula is C27H30O16. The smallest absolute Gasteiger partial charge is 0.197 e. The third-order valence-electron chi connectivity index (χ3n) is 7.54. The van der Waals surface area contributed by atoms with Gasteiger partial charge in [-0.1, -0.05) is 0 Å². The Morgan fingerprint density at radius 1 is 0.721 bits per heavy atom. The SMILES string of the molecule is O=c1cc(-c2ccc(O)c(O)c2)oc2cc(O)c([C@H]3O[C@H](CO[C@@H]4O[C@H](CO)[C@@H](O)[C@H](O)[C@H]4O)[C@@H](O)[C@H](O)[C@H]3O)c(O)c12. The van der Waals surface area contributed by atoms with Crippen molar-refractivity contribution < 1.29 is 74.8 Å². The van der Waals surface area contributed by atoms with E-state index in [1.165, 1.54) is 6.07 Å². The number of fused-ring (bicyclic) bond motifs is 1. The van der Waals surface area contributed by atoms with E-state index in [4.69, 9.17) is 18.6 Å². The van der Waals surface area contributed by atoms with Crippen LogP contribution < -0.4 is 5.43 Å². The molecule has 0 spiro atoms. The lowest BCUT2D eigenvalue weighted by Gasteiger charge is -2.43. The highest BCUT2D eigenvalue weighted by Gasteiger charge is 2.48. The molecule has 2 saturated heterocycles. The summed E-state index contributed by atoms with van der Waals surface area (Å²) in [5.41, 5.74) is -1.47. The Morgan fingerprint density at radius 3 is 2.07 bits per heavy atom. The molecule has 10 atom stereocenters. The first-order valence-corrected chi connectivity index (χ1v) is 13.0. The number of aliphatic hydroxyl groups excluding tert-OH is 7. The zero-order valence-corrected chi connectivity index (χ0v) is 22.0. The van der Waals surface area contributed by atoms with Gasteiger partial charge in [-0.2, -0.15) is 0 Å². The quantitative estimate of drug-likeness (QED) is 0.130. The van der Waals surface area contributed by atoms with Crippen LogP contribution in [-0.2, 0) is 14.2 Å². The van der Waals surface area contributed by atoms with Crippen molar-refractivity contribution in [1.82, 2.24) is 0 Å². The Morgan fingerprint density at radius 2 is 1.40 bits per heavy atom. The number of aromatic hydroxyl groups is 4. The lowest BCUT2D eigenvalue weighted by Crippen LogP contribution is -2.60. The number of hydrogen-bond acceptors (Lipinski definition) is 16. The highest BCUT2D eigenvalue weighted by atomic mass is 16.7. The van der Waals surface area contributed by atoms with Crippen molar-refractivity contribution in [2.75, 3.05) is 13.2 Å². The summed E-state index contributed by atoms with van der Waals surface area (Å²) < 4.78 is 21.9. The number of ether oxygens (including phenoxy) is 3. The van der Waals surface area contributed by atoms with Gasteiger partial charge in [0.05, 0.1) is 18.8 Å². The molecule has 0 saturated carbocycles. The topological polar surface area (TPSA) is 280 Å². The van der Waals surface area contributed by atoms with Crippen LogP contribution in [0, 0.1) is 0 Å². The van der Waals surface area contributed by atoms with E-state index in [0.29, 0.717) is 0 Å². The fourth-order valence-electron chi connectivity index (χ4n) is 5.13. The first-order valence-electron chi connectivity index (χ1n) is 13.0. The fourth-order valence-corrected chi connectivity index (χ4v) is 5.13. The van der Waals surface area contributed by atoms with Crippen molar-refractivity contribution in [3.8, 4) is 34.3 Å². The highest BCUT2D eigenvalue weighted by molar-refractivity contribution is 5.88. The lowest BCUT2D eigenvalue weighted by atomic mass is 9.89. The van der Waals surface area contributed by atoms with Crippen molar-refractivity contribution in [3.63, 3.8) is 0 Å². The van der Waals surface area contributed by atoms with Crippen LogP contribution in [-0.4, -0.2) is 125 Å². The molecule has 3 aromatic rings. The Bertz CT molecular complexity index is 1540. The Balaban J connectivity index is 1.44. The summed E-state index contributed by atoms with van der Waals surface area (Å²) in [4.78, 5) is 13.0.